The lowest BCUT2D eigenvalue weighted by Gasteiger charge is -2.27. The molecule has 3 aliphatic heterocycles. The quantitative estimate of drug-likeness (QED) is 0.140. The van der Waals surface area contributed by atoms with Crippen LogP contribution in [0.5, 0.6) is 11.5 Å². The summed E-state index contributed by atoms with van der Waals surface area (Å²) in [6.45, 7) is 2.41. The Bertz CT molecular complexity index is 2240. The summed E-state index contributed by atoms with van der Waals surface area (Å²) < 4.78 is 18.5. The predicted molar refractivity (Wildman–Crippen MR) is 194 cm³/mol. The van der Waals surface area contributed by atoms with E-state index >= 15 is 0 Å². The second-order valence-corrected chi connectivity index (χ2v) is 13.1. The molecule has 2 aromatic heterocycles. The lowest BCUT2D eigenvalue weighted by Crippen LogP contribution is -2.54. The third-order valence-corrected chi connectivity index (χ3v) is 9.47. The van der Waals surface area contributed by atoms with Gasteiger partial charge in [0, 0.05) is 44.2 Å². The van der Waals surface area contributed by atoms with Crippen LogP contribution < -0.4 is 35.9 Å². The van der Waals surface area contributed by atoms with E-state index in [1.807, 2.05) is 11.0 Å². The molecule has 18 heteroatoms. The number of morpholine rings is 1. The predicted octanol–water partition coefficient (Wildman–Crippen LogP) is 2.02. The zero-order valence-corrected chi connectivity index (χ0v) is 29.8. The van der Waals surface area contributed by atoms with Gasteiger partial charge in [0.1, 0.15) is 16.8 Å². The first-order chi connectivity index (χ1) is 26.1. The van der Waals surface area contributed by atoms with Crippen molar-refractivity contribution in [2.75, 3.05) is 56.8 Å². The molecule has 0 saturated carbocycles. The van der Waals surface area contributed by atoms with Crippen LogP contribution >= 0.6 is 11.6 Å². The average Bonchev–Trinajstić information content (AvgIpc) is 3.42. The van der Waals surface area contributed by atoms with E-state index in [1.54, 1.807) is 24.3 Å². The number of benzene rings is 2. The topological polar surface area (TPSA) is 203 Å². The van der Waals surface area contributed by atoms with Crippen molar-refractivity contribution in [3.8, 4) is 11.5 Å². The molecule has 280 valence electrons. The van der Waals surface area contributed by atoms with Crippen molar-refractivity contribution in [3.63, 3.8) is 0 Å². The molecular weight excluding hydrogens is 724 g/mol. The van der Waals surface area contributed by atoms with Crippen LogP contribution in [0.1, 0.15) is 40.0 Å². The molecule has 0 bridgehead atoms. The van der Waals surface area contributed by atoms with Crippen LogP contribution in [0.25, 0.3) is 10.9 Å². The summed E-state index contributed by atoms with van der Waals surface area (Å²) in [6.07, 6.45) is 1.95. The van der Waals surface area contributed by atoms with Gasteiger partial charge in [0.05, 0.1) is 42.7 Å². The summed E-state index contributed by atoms with van der Waals surface area (Å²) in [4.78, 5) is 87.7. The van der Waals surface area contributed by atoms with E-state index in [0.29, 0.717) is 71.9 Å². The van der Waals surface area contributed by atoms with Gasteiger partial charge in [-0.15, -0.1) is 0 Å². The number of nitrogens with zero attached hydrogens (tertiary/aromatic N) is 5. The Balaban J connectivity index is 1.07. The van der Waals surface area contributed by atoms with Crippen molar-refractivity contribution in [1.82, 2.24) is 30.1 Å². The Labute approximate surface area is 312 Å². The first kappa shape index (κ1) is 36.3. The number of carbonyl (C=O) groups is 5. The second kappa shape index (κ2) is 15.5. The zero-order chi connectivity index (χ0) is 37.9. The number of ether oxygens (including phenoxy) is 3. The molecule has 1 atom stereocenters. The fourth-order valence-corrected chi connectivity index (χ4v) is 6.57. The highest BCUT2D eigenvalue weighted by Gasteiger charge is 2.44. The van der Waals surface area contributed by atoms with Crippen molar-refractivity contribution in [2.24, 2.45) is 0 Å². The van der Waals surface area contributed by atoms with Gasteiger partial charge in [-0.05, 0) is 55.3 Å². The summed E-state index contributed by atoms with van der Waals surface area (Å²) >= 11 is 6.46. The molecule has 5 heterocycles. The molecule has 2 aromatic carbocycles. The van der Waals surface area contributed by atoms with E-state index in [-0.39, 0.29) is 49.5 Å². The summed E-state index contributed by atoms with van der Waals surface area (Å²) in [6, 6.07) is 10.3. The zero-order valence-electron chi connectivity index (χ0n) is 29.1. The average molecular weight is 759 g/mol. The highest BCUT2D eigenvalue weighted by Crippen LogP contribution is 2.31. The minimum Gasteiger partial charge on any atom is -0.494 e. The first-order valence-corrected chi connectivity index (χ1v) is 17.6. The summed E-state index contributed by atoms with van der Waals surface area (Å²) in [5, 5.41) is 8.84. The number of carbonyl (C=O) groups excluding carboxylic acids is 5. The van der Waals surface area contributed by atoms with Gasteiger partial charge in [0.2, 0.25) is 17.8 Å². The van der Waals surface area contributed by atoms with Crippen molar-refractivity contribution < 1.29 is 38.2 Å². The standard InChI is InChI=1S/C36H35ClN8O9/c1-38-30(47)19-54-28-16-20-15-21(40-31-25(37)18-39-36(42-31)43-10-13-52-14-11-43)3-6-26(20)44(35(28)51)9-2-12-53-22-4-5-23-24(17-22)34(50)45(33(23)49)27-7-8-29(46)41-32(27)48/h3-6,15-18,27H,2,7-14,19H2,1H3,(H,38,47)(H,39,40,42)(H,41,46,48). The third-order valence-electron chi connectivity index (χ3n) is 9.19. The van der Waals surface area contributed by atoms with Crippen LogP contribution in [0.15, 0.2) is 53.5 Å². The normalized spacial score (nSPS) is 17.0. The van der Waals surface area contributed by atoms with Gasteiger partial charge in [0.15, 0.2) is 18.2 Å². The highest BCUT2D eigenvalue weighted by molar-refractivity contribution is 6.33. The van der Waals surface area contributed by atoms with E-state index in [2.05, 4.69) is 25.9 Å². The molecule has 0 radical (unpaired) electrons. The Hall–Kier alpha value is -6.07. The number of hydrogen-bond donors (Lipinski definition) is 3. The van der Waals surface area contributed by atoms with Crippen molar-refractivity contribution in [2.45, 2.75) is 31.8 Å². The SMILES string of the molecule is CNC(=O)COc1cc2cc(Nc3nc(N4CCOCC4)ncc3Cl)ccc2n(CCCOc2ccc3c(c2)C(=O)N(C2CCC(=O)NC2=O)C3=O)c1=O. The Morgan fingerprint density at radius 1 is 1.02 bits per heavy atom. The Morgan fingerprint density at radius 3 is 2.59 bits per heavy atom. The minimum atomic E-state index is -1.08. The van der Waals surface area contributed by atoms with Crippen LogP contribution in [0.2, 0.25) is 5.02 Å². The molecule has 0 spiro atoms. The molecule has 3 aliphatic rings. The summed E-state index contributed by atoms with van der Waals surface area (Å²) in [5.74, 6) is -1.61. The molecule has 54 heavy (non-hydrogen) atoms. The number of likely N-dealkylation sites (N-methyl/N-ethyl adjacent to an activating group) is 1. The molecule has 7 rings (SSSR count). The molecule has 2 saturated heterocycles. The Kier molecular flexibility index (Phi) is 10.4. The smallest absolute Gasteiger partial charge is 0.293 e. The van der Waals surface area contributed by atoms with Gasteiger partial charge >= 0.3 is 0 Å². The second-order valence-electron chi connectivity index (χ2n) is 12.6. The van der Waals surface area contributed by atoms with Crippen molar-refractivity contribution >= 4 is 69.5 Å². The van der Waals surface area contributed by atoms with Crippen LogP contribution in [-0.2, 0) is 25.7 Å². The number of aryl methyl sites for hydroxylation is 1. The number of aromatic nitrogens is 3. The lowest BCUT2D eigenvalue weighted by atomic mass is 10.0. The number of piperidine rings is 1. The summed E-state index contributed by atoms with van der Waals surface area (Å²) in [7, 11) is 1.47. The first-order valence-electron chi connectivity index (χ1n) is 17.2. The number of hydrogen-bond acceptors (Lipinski definition) is 13. The van der Waals surface area contributed by atoms with Crippen LogP contribution in [-0.4, -0.2) is 102 Å². The molecule has 5 amide bonds. The van der Waals surface area contributed by atoms with Gasteiger partial charge in [-0.1, -0.05) is 11.6 Å². The third kappa shape index (κ3) is 7.40. The molecule has 3 N–H and O–H groups in total. The van der Waals surface area contributed by atoms with Crippen molar-refractivity contribution in [3.05, 3.63) is 75.2 Å². The molecule has 4 aromatic rings. The number of halogens is 1. The van der Waals surface area contributed by atoms with E-state index in [9.17, 15) is 28.8 Å². The minimum absolute atomic E-state index is 0.0200. The maximum absolute atomic E-state index is 13.6. The van der Waals surface area contributed by atoms with Crippen molar-refractivity contribution in [1.29, 1.82) is 0 Å². The molecule has 17 nitrogen and oxygen atoms in total. The van der Waals surface area contributed by atoms with E-state index in [4.69, 9.17) is 25.8 Å². The molecule has 0 aliphatic carbocycles. The maximum atomic E-state index is 13.6. The van der Waals surface area contributed by atoms with Crippen LogP contribution in [0, 0.1) is 0 Å². The van der Waals surface area contributed by atoms with E-state index < -0.39 is 41.1 Å². The van der Waals surface area contributed by atoms with E-state index in [0.717, 1.165) is 4.90 Å². The van der Waals surface area contributed by atoms with Gasteiger partial charge in [-0.2, -0.15) is 4.98 Å². The van der Waals surface area contributed by atoms with Crippen LogP contribution in [0.3, 0.4) is 0 Å². The number of anilines is 3. The monoisotopic (exact) mass is 758 g/mol. The van der Waals surface area contributed by atoms with Gasteiger partial charge in [-0.25, -0.2) is 4.98 Å². The molecule has 2 fully saturated rings. The fraction of sp³-hybridized carbons (Fsp3) is 0.333. The lowest BCUT2D eigenvalue weighted by molar-refractivity contribution is -0.136. The number of fused-ring (bicyclic) bond motifs is 2. The summed E-state index contributed by atoms with van der Waals surface area (Å²) in [5.41, 5.74) is 1.00. The maximum Gasteiger partial charge on any atom is 0.293 e. The number of rotatable bonds is 12. The van der Waals surface area contributed by atoms with Gasteiger partial charge in [-0.3, -0.25) is 39.0 Å². The van der Waals surface area contributed by atoms with Crippen LogP contribution in [0.4, 0.5) is 17.5 Å². The molecule has 1 unspecified atom stereocenters. The highest BCUT2D eigenvalue weighted by atomic mass is 35.5. The molecular formula is C36H35ClN8O9. The van der Waals surface area contributed by atoms with Gasteiger partial charge in [0.25, 0.3) is 23.3 Å². The fourth-order valence-electron chi connectivity index (χ4n) is 6.43. The Morgan fingerprint density at radius 2 is 1.81 bits per heavy atom. The van der Waals surface area contributed by atoms with E-state index in [1.165, 1.54) is 29.9 Å². The number of nitrogens with one attached hydrogen (secondary N) is 3. The number of pyridine rings is 1. The number of amides is 5. The number of imide groups is 2. The van der Waals surface area contributed by atoms with Gasteiger partial charge < -0.3 is 34.3 Å². The largest absolute Gasteiger partial charge is 0.494 e.